The summed E-state index contributed by atoms with van der Waals surface area (Å²) in [6.45, 7) is 0.927. The summed E-state index contributed by atoms with van der Waals surface area (Å²) in [6, 6.07) is 38.4. The number of amides is 3. The second-order valence-electron chi connectivity index (χ2n) is 11.6. The number of hydrogen-bond donors (Lipinski definition) is 3. The van der Waals surface area contributed by atoms with Gasteiger partial charge in [0.2, 0.25) is 5.91 Å². The molecule has 10 heteroatoms. The second-order valence-corrected chi connectivity index (χ2v) is 12.8. The van der Waals surface area contributed by atoms with E-state index in [1.807, 2.05) is 91.8 Å². The van der Waals surface area contributed by atoms with E-state index >= 15 is 0 Å². The summed E-state index contributed by atoms with van der Waals surface area (Å²) in [5.41, 5.74) is 4.16. The standard InChI is InChI=1S/C40H36N4O5S/c1-44(2)32-19-16-27(17-20-32)24-34(43-38(45)29-12-7-4-8-13-29)39(46)41-30-14-9-15-33(25-30)50-37(28-10-5-3-6-11-28)40(47)42-31-18-21-35-36(26-31)49-23-22-48-35/h3-21,24-26,37H,22-23H2,1-2H3,(H,41,46)(H,42,47)(H,43,45)/b34-24+. The van der Waals surface area contributed by atoms with Gasteiger partial charge in [0.15, 0.2) is 11.5 Å². The molecule has 0 bridgehead atoms. The minimum atomic E-state index is -0.610. The molecule has 6 rings (SSSR count). The predicted molar refractivity (Wildman–Crippen MR) is 199 cm³/mol. The molecule has 0 aliphatic carbocycles. The number of carbonyl (C=O) groups is 3. The zero-order chi connectivity index (χ0) is 34.9. The molecule has 1 unspecified atom stereocenters. The summed E-state index contributed by atoms with van der Waals surface area (Å²) < 4.78 is 11.3. The van der Waals surface area contributed by atoms with E-state index in [-0.39, 0.29) is 11.6 Å². The van der Waals surface area contributed by atoms with Crippen LogP contribution in [0.3, 0.4) is 0 Å². The molecule has 0 saturated heterocycles. The number of anilines is 3. The Hall–Kier alpha value is -6.00. The third kappa shape index (κ3) is 8.72. The first-order valence-electron chi connectivity index (χ1n) is 16.0. The van der Waals surface area contributed by atoms with Crippen molar-refractivity contribution >= 4 is 52.6 Å². The lowest BCUT2D eigenvalue weighted by atomic mass is 10.1. The number of carbonyl (C=O) groups excluding carboxylic acids is 3. The fourth-order valence-corrected chi connectivity index (χ4v) is 6.27. The lowest BCUT2D eigenvalue weighted by molar-refractivity contribution is -0.116. The Kier molecular flexibility index (Phi) is 10.8. The lowest BCUT2D eigenvalue weighted by Crippen LogP contribution is -2.30. The first-order valence-corrected chi connectivity index (χ1v) is 16.9. The monoisotopic (exact) mass is 684 g/mol. The maximum Gasteiger partial charge on any atom is 0.272 e. The zero-order valence-corrected chi connectivity index (χ0v) is 28.4. The summed E-state index contributed by atoms with van der Waals surface area (Å²) in [5, 5.41) is 8.13. The number of fused-ring (bicyclic) bond motifs is 1. The van der Waals surface area contributed by atoms with E-state index in [0.29, 0.717) is 41.7 Å². The van der Waals surface area contributed by atoms with Crippen LogP contribution < -0.4 is 30.3 Å². The van der Waals surface area contributed by atoms with E-state index in [1.54, 1.807) is 60.7 Å². The summed E-state index contributed by atoms with van der Waals surface area (Å²) >= 11 is 1.35. The summed E-state index contributed by atoms with van der Waals surface area (Å²) in [4.78, 5) is 43.4. The van der Waals surface area contributed by atoms with Crippen molar-refractivity contribution in [1.29, 1.82) is 0 Å². The smallest absolute Gasteiger partial charge is 0.272 e. The number of ether oxygens (including phenoxy) is 2. The SMILES string of the molecule is CN(C)c1ccc(/C=C(/NC(=O)c2ccccc2)C(=O)Nc2cccc(SC(C(=O)Nc3ccc4c(c3)OCCO4)c3ccccc3)c2)cc1. The maximum absolute atomic E-state index is 13.8. The van der Waals surface area contributed by atoms with Crippen LogP contribution in [0.5, 0.6) is 11.5 Å². The Labute approximate surface area is 295 Å². The molecule has 50 heavy (non-hydrogen) atoms. The van der Waals surface area contributed by atoms with E-state index in [2.05, 4.69) is 16.0 Å². The van der Waals surface area contributed by atoms with Gasteiger partial charge in [0, 0.05) is 47.7 Å². The first kappa shape index (κ1) is 33.9. The molecule has 5 aromatic rings. The fraction of sp³-hybridized carbons (Fsp3) is 0.125. The largest absolute Gasteiger partial charge is 0.486 e. The van der Waals surface area contributed by atoms with Crippen LogP contribution in [0.1, 0.15) is 26.7 Å². The van der Waals surface area contributed by atoms with Crippen LogP contribution in [0.4, 0.5) is 17.1 Å². The molecule has 1 atom stereocenters. The van der Waals surface area contributed by atoms with Crippen molar-refractivity contribution in [2.45, 2.75) is 10.1 Å². The van der Waals surface area contributed by atoms with E-state index in [1.165, 1.54) is 11.8 Å². The highest BCUT2D eigenvalue weighted by Gasteiger charge is 2.24. The van der Waals surface area contributed by atoms with Crippen molar-refractivity contribution in [2.24, 2.45) is 0 Å². The quantitative estimate of drug-likeness (QED) is 0.0983. The Morgan fingerprint density at radius 1 is 0.720 bits per heavy atom. The topological polar surface area (TPSA) is 109 Å². The fourth-order valence-electron chi connectivity index (χ4n) is 5.19. The molecule has 0 fully saturated rings. The van der Waals surface area contributed by atoms with Gasteiger partial charge in [-0.05, 0) is 71.8 Å². The highest BCUT2D eigenvalue weighted by molar-refractivity contribution is 8.00. The normalized spacial score (nSPS) is 12.7. The van der Waals surface area contributed by atoms with Crippen LogP contribution in [0, 0.1) is 0 Å². The first-order chi connectivity index (χ1) is 24.3. The third-order valence-electron chi connectivity index (χ3n) is 7.75. The summed E-state index contributed by atoms with van der Waals surface area (Å²) in [5.74, 6) is 0.101. The van der Waals surface area contributed by atoms with Gasteiger partial charge in [0.25, 0.3) is 11.8 Å². The molecule has 3 N–H and O–H groups in total. The van der Waals surface area contributed by atoms with E-state index < -0.39 is 17.1 Å². The molecule has 5 aromatic carbocycles. The number of hydrogen-bond acceptors (Lipinski definition) is 7. The Balaban J connectivity index is 1.22. The number of rotatable bonds is 11. The van der Waals surface area contributed by atoms with Gasteiger partial charge < -0.3 is 30.3 Å². The lowest BCUT2D eigenvalue weighted by Gasteiger charge is -2.20. The van der Waals surface area contributed by atoms with E-state index in [0.717, 1.165) is 21.7 Å². The predicted octanol–water partition coefficient (Wildman–Crippen LogP) is 7.41. The van der Waals surface area contributed by atoms with Gasteiger partial charge in [-0.15, -0.1) is 11.8 Å². The number of nitrogens with zero attached hydrogens (tertiary/aromatic N) is 1. The average Bonchev–Trinajstić information content (AvgIpc) is 3.14. The Morgan fingerprint density at radius 2 is 1.40 bits per heavy atom. The molecule has 1 heterocycles. The maximum atomic E-state index is 13.8. The number of benzene rings is 5. The molecular weight excluding hydrogens is 649 g/mol. The van der Waals surface area contributed by atoms with Gasteiger partial charge in [0.1, 0.15) is 24.2 Å². The van der Waals surface area contributed by atoms with Crippen LogP contribution in [0.15, 0.2) is 138 Å². The summed E-state index contributed by atoms with van der Waals surface area (Å²) in [6.07, 6.45) is 1.64. The summed E-state index contributed by atoms with van der Waals surface area (Å²) in [7, 11) is 3.90. The van der Waals surface area contributed by atoms with Crippen LogP contribution in [0.25, 0.3) is 6.08 Å². The molecule has 0 radical (unpaired) electrons. The zero-order valence-electron chi connectivity index (χ0n) is 27.6. The van der Waals surface area contributed by atoms with Gasteiger partial charge in [-0.2, -0.15) is 0 Å². The van der Waals surface area contributed by atoms with Gasteiger partial charge in [0.05, 0.1) is 0 Å². The highest BCUT2D eigenvalue weighted by Crippen LogP contribution is 2.38. The van der Waals surface area contributed by atoms with Gasteiger partial charge in [-0.1, -0.05) is 66.7 Å². The van der Waals surface area contributed by atoms with Crippen molar-refractivity contribution in [1.82, 2.24) is 5.32 Å². The van der Waals surface area contributed by atoms with Crippen molar-refractivity contribution in [3.05, 3.63) is 150 Å². The highest BCUT2D eigenvalue weighted by atomic mass is 32.2. The molecule has 9 nitrogen and oxygen atoms in total. The Bertz CT molecular complexity index is 2000. The third-order valence-corrected chi connectivity index (χ3v) is 8.99. The molecule has 0 saturated carbocycles. The minimum absolute atomic E-state index is 0.0791. The van der Waals surface area contributed by atoms with Crippen molar-refractivity contribution in [2.75, 3.05) is 42.8 Å². The van der Waals surface area contributed by atoms with Gasteiger partial charge in [-0.3, -0.25) is 14.4 Å². The molecule has 252 valence electrons. The van der Waals surface area contributed by atoms with Crippen LogP contribution in [0.2, 0.25) is 0 Å². The van der Waals surface area contributed by atoms with Crippen LogP contribution in [-0.2, 0) is 9.59 Å². The second kappa shape index (κ2) is 15.9. The molecule has 1 aliphatic heterocycles. The van der Waals surface area contributed by atoms with Crippen molar-refractivity contribution < 1.29 is 23.9 Å². The minimum Gasteiger partial charge on any atom is -0.486 e. The molecule has 0 spiro atoms. The molecule has 1 aliphatic rings. The van der Waals surface area contributed by atoms with Gasteiger partial charge in [-0.25, -0.2) is 0 Å². The Morgan fingerprint density at radius 3 is 2.12 bits per heavy atom. The molecule has 0 aromatic heterocycles. The average molecular weight is 685 g/mol. The number of thioether (sulfide) groups is 1. The van der Waals surface area contributed by atoms with Gasteiger partial charge >= 0.3 is 0 Å². The molecular formula is C40H36N4O5S. The number of nitrogens with one attached hydrogen (secondary N) is 3. The molecule has 3 amide bonds. The van der Waals surface area contributed by atoms with Crippen LogP contribution in [-0.4, -0.2) is 45.0 Å². The van der Waals surface area contributed by atoms with Crippen LogP contribution >= 0.6 is 11.8 Å². The van der Waals surface area contributed by atoms with E-state index in [9.17, 15) is 14.4 Å². The van der Waals surface area contributed by atoms with Crippen molar-refractivity contribution in [3.63, 3.8) is 0 Å². The van der Waals surface area contributed by atoms with E-state index in [4.69, 9.17) is 9.47 Å². The van der Waals surface area contributed by atoms with Crippen molar-refractivity contribution in [3.8, 4) is 11.5 Å².